The molecule has 2 unspecified atom stereocenters. The molecule has 0 aromatic rings. The quantitative estimate of drug-likeness (QED) is 0.572. The second kappa shape index (κ2) is 5.37. The van der Waals surface area contributed by atoms with Crippen LogP contribution >= 0.6 is 8.03 Å². The van der Waals surface area contributed by atoms with Crippen molar-refractivity contribution in [2.45, 2.75) is 26.1 Å². The van der Waals surface area contributed by atoms with E-state index in [4.69, 9.17) is 15.7 Å². The predicted octanol–water partition coefficient (Wildman–Crippen LogP) is 0.485. The van der Waals surface area contributed by atoms with Gasteiger partial charge in [-0.15, -0.1) is 0 Å². The van der Waals surface area contributed by atoms with Crippen LogP contribution in [0.15, 0.2) is 0 Å². The van der Waals surface area contributed by atoms with Gasteiger partial charge in [-0.25, -0.2) is 0 Å². The lowest BCUT2D eigenvalue weighted by Gasteiger charge is -2.18. The van der Waals surface area contributed by atoms with Gasteiger partial charge in [-0.05, 0) is 12.3 Å². The Bertz CT molecular complexity index is 207. The molecule has 0 heterocycles. The zero-order valence-corrected chi connectivity index (χ0v) is 8.73. The average molecular weight is 209 g/mol. The number of nitrogens with two attached hydrogens (primary N) is 1. The maximum absolute atomic E-state index is 10.7. The largest absolute Gasteiger partial charge is 0.481 e. The summed E-state index contributed by atoms with van der Waals surface area (Å²) < 4.78 is 10.6. The van der Waals surface area contributed by atoms with E-state index in [-0.39, 0.29) is 5.92 Å². The zero-order valence-electron chi connectivity index (χ0n) is 7.73. The Morgan fingerprint density at radius 2 is 2.00 bits per heavy atom. The van der Waals surface area contributed by atoms with Crippen molar-refractivity contribution >= 4 is 14.0 Å². The molecule has 0 bridgehead atoms. The van der Waals surface area contributed by atoms with Crippen LogP contribution in [0.5, 0.6) is 0 Å². The number of aliphatic carboxylic acids is 1. The van der Waals surface area contributed by atoms with Crippen molar-refractivity contribution in [2.24, 2.45) is 17.6 Å². The van der Waals surface area contributed by atoms with E-state index in [2.05, 4.69) is 0 Å². The number of rotatable bonds is 5. The molecule has 0 radical (unpaired) electrons. The van der Waals surface area contributed by atoms with Crippen molar-refractivity contribution in [1.29, 1.82) is 0 Å². The molecule has 6 heteroatoms. The van der Waals surface area contributed by atoms with E-state index in [1.54, 1.807) is 0 Å². The molecule has 78 valence electrons. The highest BCUT2D eigenvalue weighted by molar-refractivity contribution is 7.38. The van der Waals surface area contributed by atoms with Crippen LogP contribution in [0.4, 0.5) is 0 Å². The van der Waals surface area contributed by atoms with Crippen LogP contribution in [-0.4, -0.2) is 21.8 Å². The van der Waals surface area contributed by atoms with E-state index < -0.39 is 25.7 Å². The summed E-state index contributed by atoms with van der Waals surface area (Å²) in [6.07, 6.45) is 0.327. The fourth-order valence-electron chi connectivity index (χ4n) is 1.08. The fraction of sp³-hybridized carbons (Fsp3) is 0.857. The van der Waals surface area contributed by atoms with Gasteiger partial charge in [-0.3, -0.25) is 9.36 Å². The summed E-state index contributed by atoms with van der Waals surface area (Å²) in [6, 6.07) is 0. The molecule has 0 saturated carbocycles. The molecule has 0 aliphatic rings. The fourth-order valence-corrected chi connectivity index (χ4v) is 1.70. The molecule has 0 aliphatic heterocycles. The molecule has 0 saturated heterocycles. The van der Waals surface area contributed by atoms with Crippen molar-refractivity contribution in [3.8, 4) is 0 Å². The van der Waals surface area contributed by atoms with E-state index >= 15 is 0 Å². The van der Waals surface area contributed by atoms with E-state index in [0.717, 1.165) is 0 Å². The Hall–Kier alpha value is -0.380. The number of carbonyl (C=O) groups is 1. The Kier molecular flexibility index (Phi) is 5.21. The van der Waals surface area contributed by atoms with Gasteiger partial charge in [0.15, 0.2) is 0 Å². The molecular formula is C7H16NO4P. The monoisotopic (exact) mass is 209 g/mol. The van der Waals surface area contributed by atoms with Crippen molar-refractivity contribution in [3.05, 3.63) is 0 Å². The molecule has 0 spiro atoms. The van der Waals surface area contributed by atoms with E-state index in [9.17, 15) is 9.36 Å². The van der Waals surface area contributed by atoms with Crippen molar-refractivity contribution < 1.29 is 19.4 Å². The summed E-state index contributed by atoms with van der Waals surface area (Å²) in [6.45, 7) is 3.69. The summed E-state index contributed by atoms with van der Waals surface area (Å²) in [5.41, 5.74) is 5.31. The van der Waals surface area contributed by atoms with Gasteiger partial charge in [0.05, 0.1) is 11.7 Å². The normalized spacial score (nSPS) is 18.2. The maximum Gasteiger partial charge on any atom is 0.308 e. The van der Waals surface area contributed by atoms with Gasteiger partial charge in [0, 0.05) is 0 Å². The maximum atomic E-state index is 10.7. The number of hydrogen-bond acceptors (Lipinski definition) is 3. The Balaban J connectivity index is 4.42. The third-order valence-corrected chi connectivity index (χ3v) is 2.73. The van der Waals surface area contributed by atoms with Crippen LogP contribution in [0.25, 0.3) is 0 Å². The topological polar surface area (TPSA) is 101 Å². The van der Waals surface area contributed by atoms with Crippen molar-refractivity contribution in [3.63, 3.8) is 0 Å². The SMILES string of the molecule is CC(C)CC(C(=O)O)[C@H](N)[PH](=O)O. The molecule has 5 nitrogen and oxygen atoms in total. The van der Waals surface area contributed by atoms with Crippen molar-refractivity contribution in [1.82, 2.24) is 0 Å². The second-order valence-electron chi connectivity index (χ2n) is 3.44. The lowest BCUT2D eigenvalue weighted by atomic mass is 9.97. The van der Waals surface area contributed by atoms with Crippen LogP contribution < -0.4 is 5.73 Å². The Labute approximate surface area is 77.8 Å². The minimum atomic E-state index is -2.95. The molecule has 0 fully saturated rings. The minimum absolute atomic E-state index is 0.147. The average Bonchev–Trinajstić information content (AvgIpc) is 1.97. The van der Waals surface area contributed by atoms with Gasteiger partial charge in [-0.2, -0.15) is 0 Å². The third kappa shape index (κ3) is 4.41. The molecule has 0 aromatic carbocycles. The van der Waals surface area contributed by atoms with E-state index in [1.165, 1.54) is 0 Å². The van der Waals surface area contributed by atoms with Gasteiger partial charge < -0.3 is 15.7 Å². The standard InChI is InChI=1S/C7H16NO4P/c1-4(2)3-5(7(9)10)6(8)13(11)12/h4-6,13H,3,8H2,1-2H3,(H,9,10)(H,11,12)/t5?,6-/m1/s1. The summed E-state index contributed by atoms with van der Waals surface area (Å²) in [5, 5.41) is 8.73. The molecule has 3 atom stereocenters. The number of hydrogen-bond donors (Lipinski definition) is 3. The van der Waals surface area contributed by atoms with Crippen molar-refractivity contribution in [2.75, 3.05) is 0 Å². The Morgan fingerprint density at radius 1 is 1.54 bits per heavy atom. The molecule has 0 aliphatic carbocycles. The minimum Gasteiger partial charge on any atom is -0.481 e. The first-order valence-electron chi connectivity index (χ1n) is 4.07. The first kappa shape index (κ1) is 12.6. The summed E-state index contributed by atoms with van der Waals surface area (Å²) in [4.78, 5) is 19.4. The van der Waals surface area contributed by atoms with Crippen LogP contribution in [0, 0.1) is 11.8 Å². The van der Waals surface area contributed by atoms with Crippen LogP contribution in [0.3, 0.4) is 0 Å². The lowest BCUT2D eigenvalue weighted by Crippen LogP contribution is -2.33. The molecule has 0 amide bonds. The highest BCUT2D eigenvalue weighted by Gasteiger charge is 2.29. The van der Waals surface area contributed by atoms with Crippen LogP contribution in [0.1, 0.15) is 20.3 Å². The first-order valence-corrected chi connectivity index (χ1v) is 5.50. The molecule has 4 N–H and O–H groups in total. The van der Waals surface area contributed by atoms with E-state index in [1.807, 2.05) is 13.8 Å². The highest BCUT2D eigenvalue weighted by Crippen LogP contribution is 2.28. The van der Waals surface area contributed by atoms with Crippen LogP contribution in [0.2, 0.25) is 0 Å². The van der Waals surface area contributed by atoms with Gasteiger partial charge in [0.25, 0.3) is 0 Å². The van der Waals surface area contributed by atoms with E-state index in [0.29, 0.717) is 6.42 Å². The number of carboxylic acid groups (broad SMARTS) is 1. The molecule has 0 rings (SSSR count). The van der Waals surface area contributed by atoms with Gasteiger partial charge in [-0.1, -0.05) is 13.8 Å². The third-order valence-electron chi connectivity index (χ3n) is 1.76. The van der Waals surface area contributed by atoms with Gasteiger partial charge >= 0.3 is 5.97 Å². The van der Waals surface area contributed by atoms with Crippen LogP contribution in [-0.2, 0) is 9.36 Å². The summed E-state index contributed by atoms with van der Waals surface area (Å²) in [5.74, 6) is -3.01. The molecular weight excluding hydrogens is 193 g/mol. The number of carboxylic acids is 1. The smallest absolute Gasteiger partial charge is 0.308 e. The molecule has 13 heavy (non-hydrogen) atoms. The Morgan fingerprint density at radius 3 is 2.23 bits per heavy atom. The molecule has 0 aromatic heterocycles. The zero-order chi connectivity index (χ0) is 10.6. The second-order valence-corrected chi connectivity index (χ2v) is 4.78. The summed E-state index contributed by atoms with van der Waals surface area (Å²) >= 11 is 0. The van der Waals surface area contributed by atoms with Gasteiger partial charge in [0.1, 0.15) is 0 Å². The lowest BCUT2D eigenvalue weighted by molar-refractivity contribution is -0.142. The first-order chi connectivity index (χ1) is 5.86. The predicted molar refractivity (Wildman–Crippen MR) is 49.8 cm³/mol. The highest BCUT2D eigenvalue weighted by atomic mass is 31.1. The van der Waals surface area contributed by atoms with Gasteiger partial charge in [0.2, 0.25) is 8.03 Å². The summed E-state index contributed by atoms with van der Waals surface area (Å²) in [7, 11) is -2.95.